The van der Waals surface area contributed by atoms with Gasteiger partial charge >= 0.3 is 11.9 Å². The zero-order valence-electron chi connectivity index (χ0n) is 15.3. The molecule has 0 aromatic carbocycles. The number of hydrogen-bond acceptors (Lipinski definition) is 6. The topological polar surface area (TPSA) is 67.9 Å². The second-order valence-electron chi connectivity index (χ2n) is 6.79. The van der Waals surface area contributed by atoms with Crippen molar-refractivity contribution in [3.8, 4) is 0 Å². The van der Waals surface area contributed by atoms with Crippen LogP contribution < -0.4 is 5.32 Å². The molecule has 0 amide bonds. The minimum absolute atomic E-state index is 0.101. The van der Waals surface area contributed by atoms with Crippen LogP contribution in [-0.4, -0.2) is 62.8 Å². The maximum absolute atomic E-state index is 11.7. The van der Waals surface area contributed by atoms with Gasteiger partial charge in [0, 0.05) is 39.1 Å². The Morgan fingerprint density at radius 1 is 0.958 bits per heavy atom. The van der Waals surface area contributed by atoms with E-state index in [0.29, 0.717) is 32.0 Å². The molecule has 0 aliphatic carbocycles. The van der Waals surface area contributed by atoms with Crippen molar-refractivity contribution in [1.82, 2.24) is 10.2 Å². The van der Waals surface area contributed by atoms with Crippen molar-refractivity contribution in [1.29, 1.82) is 0 Å². The Kier molecular flexibility index (Phi) is 11.5. The van der Waals surface area contributed by atoms with Gasteiger partial charge in [0.25, 0.3) is 0 Å². The maximum Gasteiger partial charge on any atom is 0.307 e. The van der Waals surface area contributed by atoms with Gasteiger partial charge in [-0.1, -0.05) is 13.8 Å². The third kappa shape index (κ3) is 11.4. The van der Waals surface area contributed by atoms with Crippen LogP contribution in [0.1, 0.15) is 52.4 Å². The van der Waals surface area contributed by atoms with Crippen molar-refractivity contribution < 1.29 is 19.1 Å². The van der Waals surface area contributed by atoms with E-state index in [9.17, 15) is 9.59 Å². The lowest BCUT2D eigenvalue weighted by Crippen LogP contribution is -2.44. The minimum atomic E-state index is -0.108. The van der Waals surface area contributed by atoms with Crippen molar-refractivity contribution in [3.63, 3.8) is 0 Å². The summed E-state index contributed by atoms with van der Waals surface area (Å²) in [4.78, 5) is 25.3. The quantitative estimate of drug-likeness (QED) is 0.432. The molecule has 1 aliphatic rings. The van der Waals surface area contributed by atoms with Crippen molar-refractivity contribution in [3.05, 3.63) is 0 Å². The normalized spacial score (nSPS) is 15.5. The maximum atomic E-state index is 11.7. The molecular weight excluding hydrogens is 308 g/mol. The number of nitrogens with one attached hydrogen (secondary N) is 1. The van der Waals surface area contributed by atoms with E-state index in [4.69, 9.17) is 9.47 Å². The van der Waals surface area contributed by atoms with E-state index in [1.807, 2.05) is 13.8 Å². The molecular formula is C18H34N2O4. The Bertz CT molecular complexity index is 355. The van der Waals surface area contributed by atoms with E-state index in [1.54, 1.807) is 0 Å². The highest BCUT2D eigenvalue weighted by Gasteiger charge is 2.11. The molecule has 0 bridgehead atoms. The molecule has 140 valence electrons. The summed E-state index contributed by atoms with van der Waals surface area (Å²) in [7, 11) is 0. The van der Waals surface area contributed by atoms with E-state index in [0.717, 1.165) is 58.4 Å². The van der Waals surface area contributed by atoms with Crippen LogP contribution in [0.3, 0.4) is 0 Å². The zero-order chi connectivity index (χ0) is 17.6. The molecule has 0 saturated carbocycles. The average molecular weight is 342 g/mol. The molecule has 1 saturated heterocycles. The predicted octanol–water partition coefficient (Wildman–Crippen LogP) is 1.97. The number of carbonyl (C=O) groups excluding carboxylic acids is 2. The molecule has 1 N–H and O–H groups in total. The summed E-state index contributed by atoms with van der Waals surface area (Å²) in [6.07, 6.45) is 4.70. The van der Waals surface area contributed by atoms with E-state index in [1.165, 1.54) is 0 Å². The van der Waals surface area contributed by atoms with Gasteiger partial charge in [-0.15, -0.1) is 0 Å². The highest BCUT2D eigenvalue weighted by molar-refractivity contribution is 5.69. The van der Waals surface area contributed by atoms with Gasteiger partial charge in [0.15, 0.2) is 0 Å². The number of unbranched alkanes of at least 4 members (excludes halogenated alkanes) is 3. The Labute approximate surface area is 146 Å². The lowest BCUT2D eigenvalue weighted by molar-refractivity contribution is -0.145. The number of nitrogens with zero attached hydrogens (tertiary/aromatic N) is 1. The molecule has 0 aromatic heterocycles. The van der Waals surface area contributed by atoms with Crippen LogP contribution in [-0.2, 0) is 19.1 Å². The fraction of sp³-hybridized carbons (Fsp3) is 0.889. The first kappa shape index (κ1) is 20.9. The van der Waals surface area contributed by atoms with Crippen LogP contribution in [0.2, 0.25) is 0 Å². The summed E-state index contributed by atoms with van der Waals surface area (Å²) in [5.74, 6) is 0.137. The van der Waals surface area contributed by atoms with Crippen LogP contribution >= 0.6 is 0 Å². The number of esters is 2. The van der Waals surface area contributed by atoms with Crippen LogP contribution in [0.25, 0.3) is 0 Å². The van der Waals surface area contributed by atoms with Gasteiger partial charge in [0.1, 0.15) is 0 Å². The molecule has 0 unspecified atom stereocenters. The van der Waals surface area contributed by atoms with Gasteiger partial charge in [-0.3, -0.25) is 9.59 Å². The molecule has 24 heavy (non-hydrogen) atoms. The van der Waals surface area contributed by atoms with Crippen molar-refractivity contribution >= 4 is 11.9 Å². The Morgan fingerprint density at radius 2 is 1.54 bits per heavy atom. The second-order valence-corrected chi connectivity index (χ2v) is 6.79. The second kappa shape index (κ2) is 13.2. The number of carbonyl (C=O) groups is 2. The summed E-state index contributed by atoms with van der Waals surface area (Å²) in [6.45, 7) is 9.82. The standard InChI is InChI=1S/C18H34N2O4/c1-16(2)15-18(22)24-14-6-4-3-5-13-23-17(21)7-10-20-11-8-19-9-12-20/h16,19H,3-15H2,1-2H3. The molecule has 1 aliphatic heterocycles. The molecule has 1 heterocycles. The first-order chi connectivity index (χ1) is 11.6. The fourth-order valence-corrected chi connectivity index (χ4v) is 2.58. The van der Waals surface area contributed by atoms with Gasteiger partial charge < -0.3 is 19.7 Å². The van der Waals surface area contributed by atoms with Crippen LogP contribution in [0.4, 0.5) is 0 Å². The first-order valence-corrected chi connectivity index (χ1v) is 9.32. The molecule has 1 fully saturated rings. The van der Waals surface area contributed by atoms with Gasteiger partial charge in [0.05, 0.1) is 19.6 Å². The smallest absolute Gasteiger partial charge is 0.307 e. The van der Waals surface area contributed by atoms with Crippen molar-refractivity contribution in [2.24, 2.45) is 5.92 Å². The Hall–Kier alpha value is -1.14. The minimum Gasteiger partial charge on any atom is -0.466 e. The molecule has 6 nitrogen and oxygen atoms in total. The van der Waals surface area contributed by atoms with Gasteiger partial charge in [-0.2, -0.15) is 0 Å². The summed E-state index contributed by atoms with van der Waals surface area (Å²) in [6, 6.07) is 0. The predicted molar refractivity (Wildman–Crippen MR) is 93.8 cm³/mol. The number of hydrogen-bond donors (Lipinski definition) is 1. The summed E-state index contributed by atoms with van der Waals surface area (Å²) in [5.41, 5.74) is 0. The van der Waals surface area contributed by atoms with E-state index in [-0.39, 0.29) is 11.9 Å². The molecule has 0 atom stereocenters. The summed E-state index contributed by atoms with van der Waals surface area (Å²) >= 11 is 0. The lowest BCUT2D eigenvalue weighted by atomic mass is 10.1. The molecule has 0 aromatic rings. The average Bonchev–Trinajstić information content (AvgIpc) is 2.55. The number of ether oxygens (including phenoxy) is 2. The van der Waals surface area contributed by atoms with Crippen molar-refractivity contribution in [2.75, 3.05) is 45.9 Å². The Balaban J connectivity index is 1.85. The number of rotatable bonds is 12. The largest absolute Gasteiger partial charge is 0.466 e. The monoisotopic (exact) mass is 342 g/mol. The lowest BCUT2D eigenvalue weighted by Gasteiger charge is -2.26. The van der Waals surface area contributed by atoms with Gasteiger partial charge in [-0.25, -0.2) is 0 Å². The highest BCUT2D eigenvalue weighted by atomic mass is 16.5. The van der Waals surface area contributed by atoms with Gasteiger partial charge in [0.2, 0.25) is 0 Å². The zero-order valence-corrected chi connectivity index (χ0v) is 15.3. The van der Waals surface area contributed by atoms with Crippen molar-refractivity contribution in [2.45, 2.75) is 52.4 Å². The molecule has 0 radical (unpaired) electrons. The Morgan fingerprint density at radius 3 is 2.12 bits per heavy atom. The van der Waals surface area contributed by atoms with Gasteiger partial charge in [-0.05, 0) is 31.6 Å². The number of piperazine rings is 1. The molecule has 1 rings (SSSR count). The fourth-order valence-electron chi connectivity index (χ4n) is 2.58. The van der Waals surface area contributed by atoms with Crippen LogP contribution in [0.5, 0.6) is 0 Å². The first-order valence-electron chi connectivity index (χ1n) is 9.32. The summed E-state index contributed by atoms with van der Waals surface area (Å²) in [5, 5.41) is 3.29. The van der Waals surface area contributed by atoms with Crippen LogP contribution in [0, 0.1) is 5.92 Å². The van der Waals surface area contributed by atoms with E-state index < -0.39 is 0 Å². The molecule has 0 spiro atoms. The SMILES string of the molecule is CC(C)CC(=O)OCCCCCCOC(=O)CCN1CCNCC1. The summed E-state index contributed by atoms with van der Waals surface area (Å²) < 4.78 is 10.4. The van der Waals surface area contributed by atoms with Crippen LogP contribution in [0.15, 0.2) is 0 Å². The highest BCUT2D eigenvalue weighted by Crippen LogP contribution is 2.05. The molecule has 6 heteroatoms. The van der Waals surface area contributed by atoms with E-state index >= 15 is 0 Å². The van der Waals surface area contributed by atoms with E-state index in [2.05, 4.69) is 10.2 Å². The third-order valence-corrected chi connectivity index (χ3v) is 3.98. The third-order valence-electron chi connectivity index (χ3n) is 3.98.